The topological polar surface area (TPSA) is 38.8 Å². The SMILES string of the molecule is CN(C(=O)F)c1cccc([Si](C)(C)CC[Si](C)(C)O[Si](C)(C)O[Si](C)(C)C)c1. The molecule has 0 heterocycles. The van der Waals surface area contributed by atoms with Gasteiger partial charge in [-0.05, 0) is 64.0 Å². The van der Waals surface area contributed by atoms with Crippen molar-refractivity contribution in [1.82, 2.24) is 0 Å². The van der Waals surface area contributed by atoms with Gasteiger partial charge in [0.25, 0.3) is 0 Å². The second kappa shape index (κ2) is 9.05. The molecule has 0 fully saturated rings. The van der Waals surface area contributed by atoms with E-state index in [1.807, 2.05) is 12.1 Å². The fraction of sp³-hybridized carbons (Fsp3) is 0.632. The molecule has 9 heteroatoms. The molecule has 1 amide bonds. The van der Waals surface area contributed by atoms with E-state index in [9.17, 15) is 9.18 Å². The predicted molar refractivity (Wildman–Crippen MR) is 129 cm³/mol. The Morgan fingerprint density at radius 2 is 1.54 bits per heavy atom. The molecular formula is C19H38FNO3Si4. The lowest BCUT2D eigenvalue weighted by molar-refractivity contribution is 0.229. The molecular weight excluding hydrogens is 422 g/mol. The van der Waals surface area contributed by atoms with Crippen molar-refractivity contribution in [3.8, 4) is 0 Å². The Morgan fingerprint density at radius 1 is 0.964 bits per heavy atom. The number of halogens is 1. The van der Waals surface area contributed by atoms with E-state index < -0.39 is 39.4 Å². The number of nitrogens with zero attached hydrogens (tertiary/aromatic N) is 1. The highest BCUT2D eigenvalue weighted by Gasteiger charge is 2.39. The molecule has 0 unspecified atom stereocenters. The molecule has 0 aromatic heterocycles. The van der Waals surface area contributed by atoms with Crippen LogP contribution in [0.25, 0.3) is 0 Å². The average molecular weight is 460 g/mol. The van der Waals surface area contributed by atoms with Crippen molar-refractivity contribution in [3.05, 3.63) is 24.3 Å². The first kappa shape index (κ1) is 25.4. The molecule has 0 aliphatic heterocycles. The van der Waals surface area contributed by atoms with Crippen LogP contribution in [0.5, 0.6) is 0 Å². The number of rotatable bonds is 9. The Hall–Kier alpha value is -0.592. The molecule has 0 bridgehead atoms. The lowest BCUT2D eigenvalue weighted by Crippen LogP contribution is -2.52. The molecule has 0 saturated heterocycles. The van der Waals surface area contributed by atoms with Gasteiger partial charge in [0.1, 0.15) is 0 Å². The van der Waals surface area contributed by atoms with Crippen molar-refractivity contribution in [2.75, 3.05) is 11.9 Å². The predicted octanol–water partition coefficient (Wildman–Crippen LogP) is 5.90. The van der Waals surface area contributed by atoms with Gasteiger partial charge in [0.15, 0.2) is 16.6 Å². The number of hydrogen-bond donors (Lipinski definition) is 0. The summed E-state index contributed by atoms with van der Waals surface area (Å²) in [5.41, 5.74) is 0.607. The summed E-state index contributed by atoms with van der Waals surface area (Å²) in [5.74, 6) is 0. The summed E-state index contributed by atoms with van der Waals surface area (Å²) < 4.78 is 26.1. The van der Waals surface area contributed by atoms with Crippen molar-refractivity contribution in [2.24, 2.45) is 0 Å². The van der Waals surface area contributed by atoms with Gasteiger partial charge in [-0.1, -0.05) is 36.5 Å². The summed E-state index contributed by atoms with van der Waals surface area (Å²) in [7, 11) is -5.91. The van der Waals surface area contributed by atoms with E-state index in [2.05, 4.69) is 65.0 Å². The molecule has 1 aromatic rings. The second-order valence-corrected chi connectivity index (χ2v) is 27.7. The summed E-state index contributed by atoms with van der Waals surface area (Å²) >= 11 is 0. The Labute approximate surface area is 175 Å². The molecule has 0 radical (unpaired) electrons. The molecule has 4 nitrogen and oxygen atoms in total. The summed E-state index contributed by atoms with van der Waals surface area (Å²) in [6.07, 6.45) is -1.44. The minimum Gasteiger partial charge on any atom is -0.437 e. The van der Waals surface area contributed by atoms with Crippen LogP contribution in [0, 0.1) is 0 Å². The fourth-order valence-corrected chi connectivity index (χ4v) is 21.9. The summed E-state index contributed by atoms with van der Waals surface area (Å²) in [6.45, 7) is 20.2. The Morgan fingerprint density at radius 3 is 2.04 bits per heavy atom. The van der Waals surface area contributed by atoms with E-state index in [-0.39, 0.29) is 0 Å². The highest BCUT2D eigenvalue weighted by atomic mass is 28.5. The number of hydrogen-bond acceptors (Lipinski definition) is 3. The van der Waals surface area contributed by atoms with Crippen LogP contribution < -0.4 is 10.1 Å². The van der Waals surface area contributed by atoms with Gasteiger partial charge in [-0.25, -0.2) is 4.79 Å². The molecule has 0 aliphatic rings. The van der Waals surface area contributed by atoms with Crippen molar-refractivity contribution >= 4 is 50.3 Å². The van der Waals surface area contributed by atoms with E-state index in [1.165, 1.54) is 12.2 Å². The minimum absolute atomic E-state index is 0.607. The van der Waals surface area contributed by atoms with Gasteiger partial charge in [0, 0.05) is 12.7 Å². The van der Waals surface area contributed by atoms with E-state index in [0.29, 0.717) is 5.69 Å². The largest absolute Gasteiger partial charge is 0.437 e. The van der Waals surface area contributed by atoms with Gasteiger partial charge in [0.2, 0.25) is 0 Å². The molecule has 1 rings (SSSR count). The fourth-order valence-electron chi connectivity index (χ4n) is 3.47. The van der Waals surface area contributed by atoms with Crippen molar-refractivity contribution < 1.29 is 17.4 Å². The lowest BCUT2D eigenvalue weighted by Gasteiger charge is -2.38. The van der Waals surface area contributed by atoms with E-state index in [0.717, 1.165) is 17.0 Å². The first-order valence-electron chi connectivity index (χ1n) is 9.88. The van der Waals surface area contributed by atoms with Gasteiger partial charge in [0.05, 0.1) is 8.07 Å². The molecule has 0 spiro atoms. The van der Waals surface area contributed by atoms with Crippen LogP contribution in [0.2, 0.25) is 71.0 Å². The maximum Gasteiger partial charge on any atom is 0.404 e. The maximum atomic E-state index is 13.1. The van der Waals surface area contributed by atoms with Crippen LogP contribution in [0.15, 0.2) is 24.3 Å². The zero-order chi connectivity index (χ0) is 22.0. The molecule has 0 saturated carbocycles. The van der Waals surface area contributed by atoms with Gasteiger partial charge >= 0.3 is 14.7 Å². The van der Waals surface area contributed by atoms with E-state index >= 15 is 0 Å². The van der Waals surface area contributed by atoms with Crippen LogP contribution in [-0.2, 0) is 8.23 Å². The Bertz CT molecular complexity index is 690. The zero-order valence-electron chi connectivity index (χ0n) is 19.3. The first-order valence-corrected chi connectivity index (χ1v) is 22.4. The third kappa shape index (κ3) is 8.42. The minimum atomic E-state index is -2.13. The monoisotopic (exact) mass is 459 g/mol. The highest BCUT2D eigenvalue weighted by Crippen LogP contribution is 2.27. The third-order valence-corrected chi connectivity index (χ3v) is 18.6. The van der Waals surface area contributed by atoms with Gasteiger partial charge < -0.3 is 8.23 Å². The zero-order valence-corrected chi connectivity index (χ0v) is 23.3. The number of anilines is 1. The van der Waals surface area contributed by atoms with Crippen LogP contribution in [0.1, 0.15) is 0 Å². The molecule has 1 aromatic carbocycles. The van der Waals surface area contributed by atoms with Crippen molar-refractivity contribution in [3.63, 3.8) is 0 Å². The van der Waals surface area contributed by atoms with Gasteiger partial charge in [-0.2, -0.15) is 0 Å². The first-order chi connectivity index (χ1) is 12.4. The number of carbonyl (C=O) groups excluding carboxylic acids is 1. The summed E-state index contributed by atoms with van der Waals surface area (Å²) in [5, 5.41) is 1.23. The van der Waals surface area contributed by atoms with Gasteiger partial charge in [-0.3, -0.25) is 4.90 Å². The van der Waals surface area contributed by atoms with E-state index in [1.54, 1.807) is 6.07 Å². The quantitative estimate of drug-likeness (QED) is 0.262. The second-order valence-electron chi connectivity index (χ2n) is 10.2. The summed E-state index contributed by atoms with van der Waals surface area (Å²) in [4.78, 5) is 12.1. The standard InChI is InChI=1S/C19H38FNO3Si4/c1-21(19(20)22)17-12-11-13-18(16-17)26(5,6)14-15-27(7,8)24-28(9,10)23-25(2,3)4/h11-13,16H,14-15H2,1-10H3. The molecule has 0 atom stereocenters. The maximum absolute atomic E-state index is 13.1. The molecule has 160 valence electrons. The van der Waals surface area contributed by atoms with Crippen molar-refractivity contribution in [1.29, 1.82) is 0 Å². The summed E-state index contributed by atoms with van der Waals surface area (Å²) in [6, 6.07) is 9.92. The van der Waals surface area contributed by atoms with Crippen LogP contribution in [0.4, 0.5) is 14.9 Å². The third-order valence-electron chi connectivity index (χ3n) is 4.70. The van der Waals surface area contributed by atoms with Crippen molar-refractivity contribution in [2.45, 2.75) is 71.0 Å². The highest BCUT2D eigenvalue weighted by molar-refractivity contribution is 6.92. The molecule has 0 N–H and O–H groups in total. The van der Waals surface area contributed by atoms with Gasteiger partial charge in [-0.15, -0.1) is 4.39 Å². The molecule has 28 heavy (non-hydrogen) atoms. The lowest BCUT2D eigenvalue weighted by atomic mass is 10.3. The van der Waals surface area contributed by atoms with Crippen LogP contribution in [0.3, 0.4) is 0 Å². The Kier molecular flexibility index (Phi) is 8.22. The molecule has 0 aliphatic carbocycles. The normalized spacial score (nSPS) is 13.5. The van der Waals surface area contributed by atoms with E-state index in [4.69, 9.17) is 8.23 Å². The Balaban J connectivity index is 2.87. The van der Waals surface area contributed by atoms with Crippen LogP contribution in [-0.4, -0.2) is 46.5 Å². The number of carbonyl (C=O) groups is 1. The van der Waals surface area contributed by atoms with Crippen LogP contribution >= 0.6 is 0 Å². The number of amides is 1. The average Bonchev–Trinajstić information content (AvgIpc) is 2.49. The number of benzene rings is 1. The smallest absolute Gasteiger partial charge is 0.404 e.